The van der Waals surface area contributed by atoms with Crippen molar-refractivity contribution in [2.45, 2.75) is 231 Å². The Morgan fingerprint density at radius 3 is 1.38 bits per heavy atom. The number of anilines is 2. The van der Waals surface area contributed by atoms with Crippen molar-refractivity contribution in [3.05, 3.63) is 116 Å². The number of carbonyl (C=O) groups excluding carboxylic acids is 4. The Morgan fingerprint density at radius 1 is 0.543 bits per heavy atom. The third-order valence-electron chi connectivity index (χ3n) is 16.2. The number of halogens is 14. The molecule has 0 aliphatic carbocycles. The SMILES string of the molecule is C[C@@H](COCCC[C@@](OCc1ccccc1)(C(=O)NNC(=O)c1nc(Br)c(C(F)(F)F)cc1NC(=O)OC(C)(C)C)C(F)(F)F)O[Si](C)(C)C(C)(C)C.C[C@@H](COCCC[C@@](OCc1ccccc1)(c1nnc(-c2nc(Br)c(C(F)(F)F)cc2NC(=O)OC(C)(C)C)o1)C(F)(F)F)O[Si](C)(C)C(C)(C)C. The summed E-state index contributed by atoms with van der Waals surface area (Å²) in [5.74, 6) is -5.06. The minimum Gasteiger partial charge on any atom is -0.444 e. The molecule has 105 heavy (non-hydrogen) atoms. The lowest BCUT2D eigenvalue weighted by Gasteiger charge is -2.38. The molecule has 0 saturated heterocycles. The topological polar surface area (TPSA) is 255 Å². The van der Waals surface area contributed by atoms with Gasteiger partial charge in [-0.25, -0.2) is 19.6 Å². The van der Waals surface area contributed by atoms with Gasteiger partial charge in [0.05, 0.1) is 61.1 Å². The highest BCUT2D eigenvalue weighted by Gasteiger charge is 2.63. The third-order valence-corrected chi connectivity index (χ3v) is 26.6. The van der Waals surface area contributed by atoms with E-state index in [9.17, 15) is 58.7 Å². The Balaban J connectivity index is 0.000000444. The number of alkyl halides is 12. The van der Waals surface area contributed by atoms with Crippen molar-refractivity contribution in [3.8, 4) is 11.6 Å². The van der Waals surface area contributed by atoms with Crippen molar-refractivity contribution in [1.29, 1.82) is 0 Å². The molecule has 5 rings (SSSR count). The molecular formula is C68H92Br2F12N8O13Si2. The molecule has 21 nitrogen and oxygen atoms in total. The lowest BCUT2D eigenvalue weighted by molar-refractivity contribution is -0.300. The van der Waals surface area contributed by atoms with E-state index in [1.165, 1.54) is 53.7 Å². The van der Waals surface area contributed by atoms with Crippen LogP contribution in [0.1, 0.15) is 161 Å². The number of hydrazine groups is 1. The number of hydrogen-bond donors (Lipinski definition) is 4. The highest BCUT2D eigenvalue weighted by molar-refractivity contribution is 9.10. The molecule has 4 atom stereocenters. The first-order chi connectivity index (χ1) is 47.8. The van der Waals surface area contributed by atoms with Crippen molar-refractivity contribution in [1.82, 2.24) is 31.0 Å². The van der Waals surface area contributed by atoms with Crippen LogP contribution in [0.5, 0.6) is 0 Å². The molecule has 0 unspecified atom stereocenters. The second-order valence-corrected chi connectivity index (χ2v) is 40.5. The summed E-state index contributed by atoms with van der Waals surface area (Å²) >= 11 is 5.38. The van der Waals surface area contributed by atoms with Crippen LogP contribution < -0.4 is 21.5 Å². The van der Waals surface area contributed by atoms with Crippen LogP contribution in [0.15, 0.2) is 86.4 Å². The minimum atomic E-state index is -5.34. The molecule has 0 radical (unpaired) electrons. The average Bonchev–Trinajstić information content (AvgIpc) is 1.74. The van der Waals surface area contributed by atoms with Crippen LogP contribution in [0.25, 0.3) is 11.6 Å². The van der Waals surface area contributed by atoms with Gasteiger partial charge in [-0.05, 0) is 172 Å². The van der Waals surface area contributed by atoms with E-state index in [4.69, 9.17) is 41.7 Å². The van der Waals surface area contributed by atoms with Gasteiger partial charge in [-0.1, -0.05) is 102 Å². The Hall–Kier alpha value is -6.33. The normalized spacial score (nSPS) is 14.7. The van der Waals surface area contributed by atoms with Crippen molar-refractivity contribution in [2.75, 3.05) is 37.1 Å². The van der Waals surface area contributed by atoms with E-state index in [0.717, 1.165) is 0 Å². The largest absolute Gasteiger partial charge is 0.444 e. The Bertz CT molecular complexity index is 3680. The molecule has 0 spiro atoms. The van der Waals surface area contributed by atoms with Crippen LogP contribution in [0.4, 0.5) is 73.6 Å². The first-order valence-corrected chi connectivity index (χ1v) is 40.3. The maximum absolute atomic E-state index is 15.2. The number of nitrogens with zero attached hydrogens (tertiary/aromatic N) is 4. The van der Waals surface area contributed by atoms with Crippen LogP contribution in [0, 0.1) is 0 Å². The summed E-state index contributed by atoms with van der Waals surface area (Å²) in [4.78, 5) is 59.1. The van der Waals surface area contributed by atoms with Gasteiger partial charge in [-0.2, -0.15) is 52.7 Å². The first kappa shape index (κ1) is 91.1. The standard InChI is InChI=1S/C34H47BrF6N4O7Si.C34H45BrF6N4O6Si/c1-21(52-53(8,9)31(5,6)7)19-49-17-13-16-32(34(39,40)41,50-20-22-14-11-10-12-15-22)28(47)45-44-27(46)25-24(42-29(48)51-30(2,3)4)18-23(26(35)43-25)33(36,37)38;1-21(51-52(8,9)31(5,6)7)19-47-17-13-16-32(34(39,40)41,48-20-22-14-11-10-12-15-22)28-45-44-27(49-28)25-24(42-29(46)50-30(2,3)4)18-23(26(35)43-25)33(36,37)38/h10-12,14-15,18,21H,13,16-17,19-20H2,1-9H3,(H,42,48)(H,44,46)(H,45,47);10-12,14-15,18,21H,13,16-17,19-20H2,1-9H3,(H,42,46)/t2*21-,32+/m00/s1. The minimum absolute atomic E-state index is 0.0505. The van der Waals surface area contributed by atoms with Gasteiger partial charge in [-0.15, -0.1) is 10.2 Å². The Morgan fingerprint density at radius 2 is 0.962 bits per heavy atom. The van der Waals surface area contributed by atoms with Gasteiger partial charge in [0.25, 0.3) is 23.6 Å². The van der Waals surface area contributed by atoms with E-state index >= 15 is 13.2 Å². The molecule has 0 bridgehead atoms. The highest BCUT2D eigenvalue weighted by atomic mass is 79.9. The molecule has 5 aromatic rings. The van der Waals surface area contributed by atoms with Gasteiger partial charge in [0.15, 0.2) is 28.0 Å². The van der Waals surface area contributed by atoms with Crippen molar-refractivity contribution < 1.29 is 114 Å². The summed E-state index contributed by atoms with van der Waals surface area (Å²) in [6.45, 7) is 32.1. The fraction of sp³-hybridized carbons (Fsp3) is 0.588. The fourth-order valence-corrected chi connectivity index (χ4v) is 12.9. The molecule has 4 amide bonds. The number of ether oxygens (including phenoxy) is 6. The van der Waals surface area contributed by atoms with E-state index in [1.807, 2.05) is 25.3 Å². The molecule has 3 aromatic heterocycles. The molecule has 588 valence electrons. The monoisotopic (exact) mass is 1670 g/mol. The summed E-state index contributed by atoms with van der Waals surface area (Å²) in [6, 6.07) is 16.7. The fourth-order valence-electron chi connectivity index (χ4n) is 9.01. The number of pyridine rings is 2. The van der Waals surface area contributed by atoms with E-state index in [1.54, 1.807) is 66.3 Å². The maximum atomic E-state index is 15.2. The second kappa shape index (κ2) is 36.3. The molecule has 3 heterocycles. The molecule has 0 fully saturated rings. The van der Waals surface area contributed by atoms with E-state index in [2.05, 4.69) is 112 Å². The summed E-state index contributed by atoms with van der Waals surface area (Å²) in [5, 5.41) is 11.4. The Labute approximate surface area is 621 Å². The molecule has 0 aliphatic heterocycles. The summed E-state index contributed by atoms with van der Waals surface area (Å²) in [7, 11) is -4.26. The smallest absolute Gasteiger partial charge is 0.426 e. The lowest BCUT2D eigenvalue weighted by atomic mass is 9.95. The van der Waals surface area contributed by atoms with Crippen LogP contribution in [-0.4, -0.2) is 129 Å². The number of benzene rings is 2. The zero-order chi connectivity index (χ0) is 80.0. The highest BCUT2D eigenvalue weighted by Crippen LogP contribution is 2.48. The van der Waals surface area contributed by atoms with Gasteiger partial charge in [0.1, 0.15) is 20.4 Å². The number of aromatic nitrogens is 4. The van der Waals surface area contributed by atoms with Gasteiger partial charge in [0.2, 0.25) is 11.2 Å². The molecule has 37 heteroatoms. The summed E-state index contributed by atoms with van der Waals surface area (Å²) < 4.78 is 222. The predicted molar refractivity (Wildman–Crippen MR) is 377 cm³/mol. The third kappa shape index (κ3) is 27.1. The quantitative estimate of drug-likeness (QED) is 0.0119. The van der Waals surface area contributed by atoms with Gasteiger partial charge in [-0.3, -0.25) is 31.1 Å². The first-order valence-electron chi connectivity index (χ1n) is 32.9. The van der Waals surface area contributed by atoms with Crippen LogP contribution in [0.2, 0.25) is 36.3 Å². The van der Waals surface area contributed by atoms with Crippen molar-refractivity contribution >= 4 is 83.9 Å². The van der Waals surface area contributed by atoms with Gasteiger partial charge >= 0.3 is 36.9 Å². The number of carbonyl (C=O) groups is 4. The van der Waals surface area contributed by atoms with Crippen molar-refractivity contribution in [2.24, 2.45) is 0 Å². The van der Waals surface area contributed by atoms with E-state index in [-0.39, 0.29) is 61.6 Å². The molecule has 4 N–H and O–H groups in total. The Kier molecular flexibility index (Phi) is 31.4. The molecule has 0 saturated carbocycles. The van der Waals surface area contributed by atoms with E-state index in [0.29, 0.717) is 23.3 Å². The van der Waals surface area contributed by atoms with Gasteiger partial charge < -0.3 is 41.7 Å². The second-order valence-electron chi connectivity index (χ2n) is 29.4. The summed E-state index contributed by atoms with van der Waals surface area (Å²) in [5.41, 5.74) is -10.2. The van der Waals surface area contributed by atoms with Gasteiger partial charge in [0, 0.05) is 13.2 Å². The average molecular weight is 1670 g/mol. The zero-order valence-corrected chi connectivity index (χ0v) is 66.7. The number of hydrogen-bond acceptors (Lipinski definition) is 17. The number of nitrogens with one attached hydrogen (secondary N) is 4. The summed E-state index contributed by atoms with van der Waals surface area (Å²) in [6.07, 6.45) is -25.6. The number of amides is 4. The van der Waals surface area contributed by atoms with E-state index < -0.39 is 169 Å². The maximum Gasteiger partial charge on any atom is 0.426 e. The molecular weight excluding hydrogens is 1580 g/mol. The molecule has 2 aromatic carbocycles. The van der Waals surface area contributed by atoms with Crippen molar-refractivity contribution in [3.63, 3.8) is 0 Å². The lowest BCUT2D eigenvalue weighted by Crippen LogP contribution is -2.61. The molecule has 0 aliphatic rings. The van der Waals surface area contributed by atoms with Crippen LogP contribution >= 0.6 is 31.9 Å². The number of rotatable bonds is 28. The van der Waals surface area contributed by atoms with Crippen LogP contribution in [-0.2, 0) is 73.2 Å². The van der Waals surface area contributed by atoms with Crippen LogP contribution in [0.3, 0.4) is 0 Å². The predicted octanol–water partition coefficient (Wildman–Crippen LogP) is 19.1. The zero-order valence-electron chi connectivity index (χ0n) is 61.5.